The Morgan fingerprint density at radius 1 is 1.18 bits per heavy atom. The quantitative estimate of drug-likeness (QED) is 0.380. The number of para-hydroxylation sites is 1. The number of nitrogens with zero attached hydrogens (tertiary/aromatic N) is 1. The lowest BCUT2D eigenvalue weighted by Gasteiger charge is -2.28. The lowest BCUT2D eigenvalue weighted by molar-refractivity contribution is -0.128. The van der Waals surface area contributed by atoms with Gasteiger partial charge in [-0.3, -0.25) is 14.9 Å². The maximum Gasteiger partial charge on any atom is 0.427 e. The van der Waals surface area contributed by atoms with E-state index in [1.807, 2.05) is 54.6 Å². The topological polar surface area (TPSA) is 121 Å². The molecule has 0 aromatic heterocycles. The number of methoxy groups -OCH3 is 1. The molecule has 3 atom stereocenters. The van der Waals surface area contributed by atoms with E-state index in [1.54, 1.807) is 26.0 Å². The van der Waals surface area contributed by atoms with Crippen LogP contribution in [0, 0.1) is 0 Å². The van der Waals surface area contributed by atoms with Crippen LogP contribution in [0.2, 0.25) is 0 Å². The van der Waals surface area contributed by atoms with Crippen molar-refractivity contribution in [3.63, 3.8) is 0 Å². The van der Waals surface area contributed by atoms with E-state index < -0.39 is 24.3 Å². The summed E-state index contributed by atoms with van der Waals surface area (Å²) in [5, 5.41) is 10.4. The Balaban J connectivity index is 1.53. The largest absolute Gasteiger partial charge is 0.496 e. The van der Waals surface area contributed by atoms with E-state index in [2.05, 4.69) is 21.4 Å². The number of ether oxygens (including phenoxy) is 1. The van der Waals surface area contributed by atoms with E-state index in [1.165, 1.54) is 0 Å². The van der Waals surface area contributed by atoms with Gasteiger partial charge in [0.05, 0.1) is 19.7 Å². The summed E-state index contributed by atoms with van der Waals surface area (Å²) in [5.41, 5.74) is 6.21. The molecule has 3 aromatic carbocycles. The third kappa shape index (κ3) is 4.88. The van der Waals surface area contributed by atoms with Gasteiger partial charge in [-0.1, -0.05) is 36.4 Å². The number of hydrogen-bond donors (Lipinski definition) is 4. The summed E-state index contributed by atoms with van der Waals surface area (Å²) in [5.74, 6) is 0.265. The van der Waals surface area contributed by atoms with Crippen molar-refractivity contribution in [1.82, 2.24) is 21.4 Å². The molecule has 0 bridgehead atoms. The Bertz CT molecular complexity index is 1390. The lowest BCUT2D eigenvalue weighted by Crippen LogP contribution is -2.52. The molecule has 3 amide bonds. The van der Waals surface area contributed by atoms with Crippen LogP contribution in [0.1, 0.15) is 36.2 Å². The molecular weight excluding hydrogens is 486 g/mol. The monoisotopic (exact) mass is 517 g/mol. The van der Waals surface area contributed by atoms with Crippen LogP contribution in [0.15, 0.2) is 54.6 Å². The van der Waals surface area contributed by atoms with E-state index in [9.17, 15) is 14.4 Å². The molecule has 4 N–H and O–H groups in total. The van der Waals surface area contributed by atoms with Crippen LogP contribution in [0.3, 0.4) is 0 Å². The Kier molecular flexibility index (Phi) is 7.17. The Labute approximate surface area is 220 Å². The van der Waals surface area contributed by atoms with Crippen molar-refractivity contribution in [2.75, 3.05) is 19.1 Å². The first-order valence-electron chi connectivity index (χ1n) is 12.6. The van der Waals surface area contributed by atoms with Gasteiger partial charge in [0.1, 0.15) is 18.0 Å². The predicted molar refractivity (Wildman–Crippen MR) is 142 cm³/mol. The number of carbonyl (C=O) groups is 3. The molecular formula is C28H31N5O5. The van der Waals surface area contributed by atoms with Crippen LogP contribution in [-0.4, -0.2) is 44.1 Å². The van der Waals surface area contributed by atoms with Crippen molar-refractivity contribution in [1.29, 1.82) is 0 Å². The zero-order valence-corrected chi connectivity index (χ0v) is 21.5. The molecule has 0 radical (unpaired) electrons. The zero-order valence-electron chi connectivity index (χ0n) is 21.5. The van der Waals surface area contributed by atoms with E-state index >= 15 is 0 Å². The van der Waals surface area contributed by atoms with Crippen molar-refractivity contribution in [3.8, 4) is 5.75 Å². The van der Waals surface area contributed by atoms with Crippen LogP contribution in [0.25, 0.3) is 10.8 Å². The van der Waals surface area contributed by atoms with Crippen LogP contribution in [0.5, 0.6) is 5.75 Å². The number of benzene rings is 3. The minimum atomic E-state index is -0.657. The third-order valence-electron chi connectivity index (χ3n) is 7.21. The van der Waals surface area contributed by atoms with Gasteiger partial charge in [-0.15, -0.1) is 5.48 Å². The number of aryl methyl sites for hydroxylation is 1. The average Bonchev–Trinajstić information content (AvgIpc) is 3.33. The minimum Gasteiger partial charge on any atom is -0.496 e. The highest BCUT2D eigenvalue weighted by molar-refractivity contribution is 6.01. The molecule has 0 spiro atoms. The summed E-state index contributed by atoms with van der Waals surface area (Å²) < 4.78 is 5.73. The number of hydroxylamine groups is 1. The summed E-state index contributed by atoms with van der Waals surface area (Å²) in [7, 11) is 3.32. The Morgan fingerprint density at radius 3 is 2.74 bits per heavy atom. The zero-order chi connectivity index (χ0) is 26.8. The second-order valence-corrected chi connectivity index (χ2v) is 9.47. The average molecular weight is 518 g/mol. The number of nitrogens with one attached hydrogen (secondary N) is 4. The van der Waals surface area contributed by atoms with Gasteiger partial charge in [0, 0.05) is 11.3 Å². The number of rotatable bonds is 7. The maximum absolute atomic E-state index is 13.9. The highest BCUT2D eigenvalue weighted by Crippen LogP contribution is 2.35. The normalized spacial score (nSPS) is 19.8. The first kappa shape index (κ1) is 25.5. The van der Waals surface area contributed by atoms with Gasteiger partial charge in [-0.25, -0.2) is 4.79 Å². The van der Waals surface area contributed by atoms with E-state index in [4.69, 9.17) is 9.57 Å². The van der Waals surface area contributed by atoms with Gasteiger partial charge in [0.15, 0.2) is 0 Å². The summed E-state index contributed by atoms with van der Waals surface area (Å²) in [6.45, 7) is 2.02. The fourth-order valence-electron chi connectivity index (χ4n) is 4.97. The van der Waals surface area contributed by atoms with Crippen LogP contribution < -0.4 is 31.1 Å². The molecule has 3 aromatic rings. The smallest absolute Gasteiger partial charge is 0.427 e. The summed E-state index contributed by atoms with van der Waals surface area (Å²) in [6.07, 6.45) is 0.179. The molecule has 1 unspecified atom stereocenters. The molecule has 1 fully saturated rings. The van der Waals surface area contributed by atoms with Crippen molar-refractivity contribution < 1.29 is 24.0 Å². The van der Waals surface area contributed by atoms with Crippen molar-refractivity contribution >= 4 is 34.4 Å². The van der Waals surface area contributed by atoms with Gasteiger partial charge >= 0.3 is 6.09 Å². The SMILES string of the molecule is CN[C@@H](C)C(=O)N[C@H]1CCc2ccccc2N(Cc2c(OC)ccc3cc(C4NOC(=O)N4)ccc23)C1=O. The molecule has 10 heteroatoms. The van der Waals surface area contributed by atoms with Gasteiger partial charge in [-0.2, -0.15) is 0 Å². The lowest BCUT2D eigenvalue weighted by atomic mass is 9.99. The second-order valence-electron chi connectivity index (χ2n) is 9.47. The molecule has 2 aliphatic rings. The van der Waals surface area contributed by atoms with Gasteiger partial charge in [0.25, 0.3) is 0 Å². The maximum atomic E-state index is 13.9. The third-order valence-corrected chi connectivity index (χ3v) is 7.21. The first-order chi connectivity index (χ1) is 18.4. The predicted octanol–water partition coefficient (Wildman–Crippen LogP) is 2.66. The molecule has 0 saturated carbocycles. The molecule has 198 valence electrons. The molecule has 5 rings (SSSR count). The summed E-state index contributed by atoms with van der Waals surface area (Å²) in [4.78, 5) is 44.6. The molecule has 10 nitrogen and oxygen atoms in total. The number of likely N-dealkylation sites (N-methyl/N-ethyl adjacent to an activating group) is 1. The Hall–Kier alpha value is -4.15. The number of hydrogen-bond acceptors (Lipinski definition) is 7. The first-order valence-corrected chi connectivity index (χ1v) is 12.6. The standard InChI is InChI=1S/C28H31N5O5/c1-16(29-2)26(34)30-22-12-9-17-6-4-5-7-23(17)33(27(22)35)15-21-20-11-8-19(25-31-28(36)38-32-25)14-18(20)10-13-24(21)37-3/h4-8,10-11,13-14,16,22,25,29,32H,9,12,15H2,1-3H3,(H,30,34)(H,31,36)/t16-,22-,25?/m0/s1. The van der Waals surface area contributed by atoms with E-state index in [0.29, 0.717) is 18.6 Å². The number of anilines is 1. The van der Waals surface area contributed by atoms with Crippen molar-refractivity contribution in [3.05, 3.63) is 71.3 Å². The van der Waals surface area contributed by atoms with Crippen molar-refractivity contribution in [2.45, 2.75) is 44.6 Å². The number of carbonyl (C=O) groups excluding carboxylic acids is 3. The van der Waals surface area contributed by atoms with Crippen molar-refractivity contribution in [2.24, 2.45) is 0 Å². The Morgan fingerprint density at radius 2 is 2.00 bits per heavy atom. The van der Waals surface area contributed by atoms with Gasteiger partial charge in [0.2, 0.25) is 11.8 Å². The van der Waals surface area contributed by atoms with Gasteiger partial charge in [-0.05, 0) is 66.9 Å². The highest BCUT2D eigenvalue weighted by atomic mass is 16.7. The van der Waals surface area contributed by atoms with E-state index in [-0.39, 0.29) is 18.4 Å². The molecule has 1 saturated heterocycles. The van der Waals surface area contributed by atoms with Crippen LogP contribution in [0.4, 0.5) is 10.5 Å². The molecule has 2 aliphatic heterocycles. The fourth-order valence-corrected chi connectivity index (χ4v) is 4.97. The fraction of sp³-hybridized carbons (Fsp3) is 0.321. The molecule has 2 heterocycles. The van der Waals surface area contributed by atoms with Crippen LogP contribution >= 0.6 is 0 Å². The van der Waals surface area contributed by atoms with Crippen LogP contribution in [-0.2, 0) is 27.4 Å². The number of amides is 3. The van der Waals surface area contributed by atoms with Gasteiger partial charge < -0.3 is 25.1 Å². The summed E-state index contributed by atoms with van der Waals surface area (Å²) >= 11 is 0. The van der Waals surface area contributed by atoms with E-state index in [0.717, 1.165) is 33.2 Å². The minimum absolute atomic E-state index is 0.169. The molecule has 38 heavy (non-hydrogen) atoms. The second kappa shape index (κ2) is 10.7. The molecule has 0 aliphatic carbocycles. The number of fused-ring (bicyclic) bond motifs is 2. The summed E-state index contributed by atoms with van der Waals surface area (Å²) in [6, 6.07) is 16.4. The highest BCUT2D eigenvalue weighted by Gasteiger charge is 2.33.